The zero-order valence-electron chi connectivity index (χ0n) is 42.1. The Hall–Kier alpha value is -5.47. The molecule has 0 aliphatic rings. The summed E-state index contributed by atoms with van der Waals surface area (Å²) in [5.74, 6) is 0.589. The third-order valence-electron chi connectivity index (χ3n) is 11.2. The topological polar surface area (TPSA) is 239 Å². The zero-order chi connectivity index (χ0) is 52.4. The second-order valence-corrected chi connectivity index (χ2v) is 34.2. The van der Waals surface area contributed by atoms with Crippen LogP contribution in [0.25, 0.3) is 22.1 Å². The first-order valence-electron chi connectivity index (χ1n) is 23.9. The minimum Gasteiger partial charge on any atom is -0.445 e. The highest BCUT2D eigenvalue weighted by Crippen LogP contribution is 2.25. The van der Waals surface area contributed by atoms with Crippen LogP contribution in [0.1, 0.15) is 46.7 Å². The van der Waals surface area contributed by atoms with Crippen LogP contribution in [-0.2, 0) is 91.8 Å². The molecule has 6 rings (SSSR count). The van der Waals surface area contributed by atoms with E-state index >= 15 is 0 Å². The van der Waals surface area contributed by atoms with Gasteiger partial charge < -0.3 is 38.7 Å². The number of benzene rings is 4. The van der Waals surface area contributed by atoms with Crippen LogP contribution in [0.3, 0.4) is 0 Å². The molecule has 2 aromatic heterocycles. The summed E-state index contributed by atoms with van der Waals surface area (Å²) in [5.41, 5.74) is 6.66. The smallest absolute Gasteiger partial charge is 0.407 e. The highest BCUT2D eigenvalue weighted by atomic mass is 32.2. The maximum Gasteiger partial charge on any atom is 0.407 e. The third-order valence-corrected chi connectivity index (χ3v) is 16.2. The molecule has 6 aromatic rings. The molecule has 4 aromatic carbocycles. The van der Waals surface area contributed by atoms with Gasteiger partial charge in [0.25, 0.3) is 20.2 Å². The number of ether oxygens (including phenoxy) is 4. The van der Waals surface area contributed by atoms with Crippen molar-refractivity contribution >= 4 is 70.6 Å². The van der Waals surface area contributed by atoms with E-state index in [2.05, 4.69) is 49.9 Å². The average molecular weight is 1070 g/mol. The van der Waals surface area contributed by atoms with Crippen molar-refractivity contribution in [1.82, 2.24) is 29.7 Å². The summed E-state index contributed by atoms with van der Waals surface area (Å²) >= 11 is 0. The van der Waals surface area contributed by atoms with Crippen LogP contribution in [0.2, 0.25) is 51.4 Å². The maximum absolute atomic E-state index is 12.3. The standard InChI is InChI=1S/2C25H35N3O6SSi/c1-36(2,3)16-14-33-19-28-22-13-7-11-21(12-8-15-35(30,31)32)24(22)27-23(28)17-26-25(29)34-18-20-9-5-4-6-10-20;1-36(2,3)16-14-33-19-28-23(17-26-25(29)34-18-20-9-5-4-6-10-20)27-22-13-7-11-21(24(22)28)12-8-15-35(30,31)32/h2*4-7,9-11,13H,8,12,14-19H2,1-3H3,(H,26,29)(H,30,31,32). The summed E-state index contributed by atoms with van der Waals surface area (Å²) in [6, 6.07) is 32.3. The summed E-state index contributed by atoms with van der Waals surface area (Å²) in [5, 5.41) is 5.52. The minimum atomic E-state index is -4.03. The lowest BCUT2D eigenvalue weighted by Gasteiger charge is -2.17. The van der Waals surface area contributed by atoms with Gasteiger partial charge in [0.05, 0.1) is 46.7 Å². The molecule has 0 aliphatic heterocycles. The Kier molecular flexibility index (Phi) is 21.5. The number of para-hydroxylation sites is 2. The number of alkyl carbamates (subject to hydrolysis) is 2. The third kappa shape index (κ3) is 20.6. The summed E-state index contributed by atoms with van der Waals surface area (Å²) < 4.78 is 89.2. The molecule has 4 N–H and O–H groups in total. The molecule has 22 heteroatoms. The van der Waals surface area contributed by atoms with E-state index in [0.717, 1.165) is 56.4 Å². The Morgan fingerprint density at radius 3 is 1.54 bits per heavy atom. The molecule has 0 aliphatic carbocycles. The van der Waals surface area contributed by atoms with Crippen molar-refractivity contribution in [3.63, 3.8) is 0 Å². The molecule has 0 saturated heterocycles. The van der Waals surface area contributed by atoms with Crippen molar-refractivity contribution in [3.8, 4) is 0 Å². The number of amides is 2. The van der Waals surface area contributed by atoms with Gasteiger partial charge in [-0.15, -0.1) is 0 Å². The van der Waals surface area contributed by atoms with Crippen molar-refractivity contribution in [2.24, 2.45) is 0 Å². The number of nitrogens with zero attached hydrogens (tertiary/aromatic N) is 4. The second kappa shape index (κ2) is 27.0. The van der Waals surface area contributed by atoms with Crippen LogP contribution >= 0.6 is 0 Å². The molecule has 392 valence electrons. The lowest BCUT2D eigenvalue weighted by molar-refractivity contribution is 0.0872. The molecule has 72 heavy (non-hydrogen) atoms. The Labute approximate surface area is 425 Å². The Morgan fingerprint density at radius 2 is 1.04 bits per heavy atom. The molecular formula is C50H70N6O12S2Si2. The number of rotatable bonds is 26. The fraction of sp³-hybridized carbons (Fsp3) is 0.440. The molecule has 0 atom stereocenters. The predicted molar refractivity (Wildman–Crippen MR) is 284 cm³/mol. The minimum absolute atomic E-state index is 0.143. The first-order valence-corrected chi connectivity index (χ1v) is 34.6. The quantitative estimate of drug-likeness (QED) is 0.0225. The highest BCUT2D eigenvalue weighted by molar-refractivity contribution is 7.86. The number of imidazole rings is 2. The van der Waals surface area contributed by atoms with E-state index in [4.69, 9.17) is 38.0 Å². The number of nitrogens with one attached hydrogen (secondary N) is 2. The molecule has 0 unspecified atom stereocenters. The van der Waals surface area contributed by atoms with Crippen molar-refractivity contribution < 1.29 is 54.5 Å². The van der Waals surface area contributed by atoms with Crippen LogP contribution in [0.4, 0.5) is 9.59 Å². The summed E-state index contributed by atoms with van der Waals surface area (Å²) in [4.78, 5) is 34.1. The fourth-order valence-corrected chi connectivity index (χ4v) is 9.86. The SMILES string of the molecule is C[Si](C)(C)CCOCn1c(CNC(=O)OCc2ccccc2)nc2c(CCCS(=O)(=O)O)cccc21.C[Si](C)(C)CCOCn1c(CNC(=O)OCc2ccccc2)nc2cccc(CCCS(=O)(=O)O)c21. The first kappa shape index (κ1) is 57.4. The van der Waals surface area contributed by atoms with E-state index in [9.17, 15) is 26.4 Å². The Balaban J connectivity index is 0.000000267. The monoisotopic (exact) mass is 1070 g/mol. The van der Waals surface area contributed by atoms with Crippen molar-refractivity contribution in [1.29, 1.82) is 0 Å². The Morgan fingerprint density at radius 1 is 0.583 bits per heavy atom. The maximum atomic E-state index is 12.3. The molecule has 2 amide bonds. The molecule has 0 saturated carbocycles. The largest absolute Gasteiger partial charge is 0.445 e. The van der Waals surface area contributed by atoms with E-state index < -0.39 is 48.6 Å². The van der Waals surface area contributed by atoms with E-state index in [-0.39, 0.29) is 64.1 Å². The van der Waals surface area contributed by atoms with E-state index in [1.54, 1.807) is 0 Å². The second-order valence-electron chi connectivity index (χ2n) is 19.8. The van der Waals surface area contributed by atoms with Gasteiger partial charge in [0.2, 0.25) is 0 Å². The predicted octanol–water partition coefficient (Wildman–Crippen LogP) is 9.19. The van der Waals surface area contributed by atoms with Gasteiger partial charge in [-0.3, -0.25) is 9.11 Å². The van der Waals surface area contributed by atoms with Crippen LogP contribution < -0.4 is 10.6 Å². The van der Waals surface area contributed by atoms with Gasteiger partial charge in [0.1, 0.15) is 38.3 Å². The van der Waals surface area contributed by atoms with Gasteiger partial charge >= 0.3 is 12.2 Å². The van der Waals surface area contributed by atoms with Crippen LogP contribution in [-0.4, -0.2) is 98.1 Å². The van der Waals surface area contributed by atoms with Crippen LogP contribution in [0.15, 0.2) is 97.1 Å². The van der Waals surface area contributed by atoms with Crippen molar-refractivity contribution in [3.05, 3.63) is 131 Å². The van der Waals surface area contributed by atoms with E-state index in [1.807, 2.05) is 106 Å². The van der Waals surface area contributed by atoms with Gasteiger partial charge in [-0.05, 0) is 72.2 Å². The molecule has 0 spiro atoms. The highest BCUT2D eigenvalue weighted by Gasteiger charge is 2.20. The van der Waals surface area contributed by atoms with Gasteiger partial charge in [0, 0.05) is 29.4 Å². The van der Waals surface area contributed by atoms with Crippen molar-refractivity contribution in [2.45, 2.75) is 117 Å². The lowest BCUT2D eigenvalue weighted by atomic mass is 10.1. The van der Waals surface area contributed by atoms with Crippen molar-refractivity contribution in [2.75, 3.05) is 24.7 Å². The number of carbonyl (C=O) groups excluding carboxylic acids is 2. The molecular weight excluding hydrogens is 997 g/mol. The van der Waals surface area contributed by atoms with E-state index in [1.165, 1.54) is 0 Å². The van der Waals surface area contributed by atoms with Crippen LogP contribution in [0, 0.1) is 0 Å². The fourth-order valence-electron chi connectivity index (χ4n) is 7.33. The van der Waals surface area contributed by atoms with Gasteiger partial charge in [-0.1, -0.05) is 124 Å². The molecule has 2 heterocycles. The number of hydrogen-bond donors (Lipinski definition) is 4. The number of aromatic nitrogens is 4. The van der Waals surface area contributed by atoms with Gasteiger partial charge in [-0.2, -0.15) is 16.8 Å². The summed E-state index contributed by atoms with van der Waals surface area (Å²) in [6.45, 7) is 16.1. The van der Waals surface area contributed by atoms with E-state index in [0.29, 0.717) is 37.7 Å². The molecule has 0 bridgehead atoms. The van der Waals surface area contributed by atoms with Gasteiger partial charge in [0.15, 0.2) is 0 Å². The molecule has 18 nitrogen and oxygen atoms in total. The number of fused-ring (bicyclic) bond motifs is 2. The number of hydrogen-bond acceptors (Lipinski definition) is 12. The molecule has 0 radical (unpaired) electrons. The number of aryl methyl sites for hydroxylation is 2. The molecule has 0 fully saturated rings. The summed E-state index contributed by atoms with van der Waals surface area (Å²) in [7, 11) is -10.6. The average Bonchev–Trinajstić information content (AvgIpc) is 3.86. The zero-order valence-corrected chi connectivity index (χ0v) is 45.8. The first-order chi connectivity index (χ1) is 34.0. The Bertz CT molecular complexity index is 2850. The normalized spacial score (nSPS) is 12.1. The van der Waals surface area contributed by atoms with Gasteiger partial charge in [-0.25, -0.2) is 19.6 Å². The summed E-state index contributed by atoms with van der Waals surface area (Å²) in [6.07, 6.45) is 0.340. The number of carbonyl (C=O) groups is 2. The lowest BCUT2D eigenvalue weighted by Crippen LogP contribution is -2.26. The van der Waals surface area contributed by atoms with Crippen LogP contribution in [0.5, 0.6) is 0 Å².